The average molecular weight is 402 g/mol. The second kappa shape index (κ2) is 7.85. The first-order valence-corrected chi connectivity index (χ1v) is 10.1. The Morgan fingerprint density at radius 1 is 0.871 bits per heavy atom. The van der Waals surface area contributed by atoms with E-state index in [2.05, 4.69) is 17.2 Å². The van der Waals surface area contributed by atoms with Crippen LogP contribution in [-0.2, 0) is 13.0 Å². The van der Waals surface area contributed by atoms with E-state index in [1.165, 1.54) is 4.68 Å². The van der Waals surface area contributed by atoms with Gasteiger partial charge in [-0.25, -0.2) is 4.68 Å². The molecule has 0 fully saturated rings. The molecule has 2 aromatic heterocycles. The summed E-state index contributed by atoms with van der Waals surface area (Å²) in [5.74, 6) is 0. The summed E-state index contributed by atoms with van der Waals surface area (Å²) < 4.78 is 1.51. The van der Waals surface area contributed by atoms with Crippen molar-refractivity contribution in [2.45, 2.75) is 13.0 Å². The highest BCUT2D eigenvalue weighted by Crippen LogP contribution is 2.26. The minimum Gasteiger partial charge on any atom is -0.267 e. The summed E-state index contributed by atoms with van der Waals surface area (Å²) >= 11 is 0. The van der Waals surface area contributed by atoms with Crippen molar-refractivity contribution in [2.24, 2.45) is 0 Å². The monoisotopic (exact) mass is 402 g/mol. The Labute approximate surface area is 178 Å². The predicted octanol–water partition coefficient (Wildman–Crippen LogP) is 4.73. The summed E-state index contributed by atoms with van der Waals surface area (Å²) in [5.41, 5.74) is 4.07. The first-order valence-electron chi connectivity index (χ1n) is 10.1. The third-order valence-electron chi connectivity index (χ3n) is 5.44. The molecule has 3 aromatic carbocycles. The third kappa shape index (κ3) is 3.56. The van der Waals surface area contributed by atoms with Crippen LogP contribution >= 0.6 is 0 Å². The summed E-state index contributed by atoms with van der Waals surface area (Å²) in [5, 5.41) is 16.0. The highest BCUT2D eigenvalue weighted by atomic mass is 16.1. The SMILES string of the molecule is N#Cc1ccc(-c2cccc3cnn(CCc4ccc5ccccc5n4)c(=O)c23)cc1. The molecule has 5 aromatic rings. The fraction of sp³-hybridized carbons (Fsp3) is 0.0769. The lowest BCUT2D eigenvalue weighted by molar-refractivity contribution is 0.580. The number of rotatable bonds is 4. The molecule has 0 aliphatic heterocycles. The van der Waals surface area contributed by atoms with Gasteiger partial charge >= 0.3 is 0 Å². The molecule has 0 saturated carbocycles. The molecule has 5 heteroatoms. The summed E-state index contributed by atoms with van der Waals surface area (Å²) in [6, 6.07) is 27.2. The summed E-state index contributed by atoms with van der Waals surface area (Å²) in [6.45, 7) is 0.446. The molecule has 0 N–H and O–H groups in total. The van der Waals surface area contributed by atoms with Gasteiger partial charge in [0.1, 0.15) is 0 Å². The lowest BCUT2D eigenvalue weighted by Crippen LogP contribution is -2.24. The molecule has 0 unspecified atom stereocenters. The van der Waals surface area contributed by atoms with E-state index in [9.17, 15) is 4.79 Å². The Hall–Kier alpha value is -4.30. The van der Waals surface area contributed by atoms with Crippen molar-refractivity contribution in [3.63, 3.8) is 0 Å². The van der Waals surface area contributed by atoms with Gasteiger partial charge < -0.3 is 0 Å². The molecule has 148 valence electrons. The average Bonchev–Trinajstić information content (AvgIpc) is 2.83. The van der Waals surface area contributed by atoms with Gasteiger partial charge in [0.2, 0.25) is 0 Å². The normalized spacial score (nSPS) is 10.9. The number of hydrogen-bond donors (Lipinski definition) is 0. The van der Waals surface area contributed by atoms with E-state index >= 15 is 0 Å². The highest BCUT2D eigenvalue weighted by Gasteiger charge is 2.11. The van der Waals surface area contributed by atoms with Crippen LogP contribution in [-0.4, -0.2) is 14.8 Å². The van der Waals surface area contributed by atoms with E-state index in [0.29, 0.717) is 23.9 Å². The molecule has 5 nitrogen and oxygen atoms in total. The second-order valence-corrected chi connectivity index (χ2v) is 7.38. The fourth-order valence-electron chi connectivity index (χ4n) is 3.82. The quantitative estimate of drug-likeness (QED) is 0.436. The first kappa shape index (κ1) is 18.7. The van der Waals surface area contributed by atoms with Gasteiger partial charge in [-0.05, 0) is 35.4 Å². The Kier molecular flexibility index (Phi) is 4.74. The van der Waals surface area contributed by atoms with Crippen LogP contribution in [0.2, 0.25) is 0 Å². The molecule has 0 spiro atoms. The maximum absolute atomic E-state index is 13.3. The number of aryl methyl sites for hydroxylation is 2. The Morgan fingerprint density at radius 3 is 2.52 bits per heavy atom. The lowest BCUT2D eigenvalue weighted by atomic mass is 9.99. The van der Waals surface area contributed by atoms with Crippen LogP contribution in [0.4, 0.5) is 0 Å². The Balaban J connectivity index is 1.51. The van der Waals surface area contributed by atoms with Crippen molar-refractivity contribution in [1.29, 1.82) is 5.26 Å². The van der Waals surface area contributed by atoms with E-state index in [0.717, 1.165) is 33.1 Å². The Bertz CT molecular complexity index is 1510. The van der Waals surface area contributed by atoms with Crippen molar-refractivity contribution < 1.29 is 0 Å². The highest BCUT2D eigenvalue weighted by molar-refractivity contribution is 5.95. The number of aromatic nitrogens is 3. The largest absolute Gasteiger partial charge is 0.275 e. The van der Waals surface area contributed by atoms with E-state index in [-0.39, 0.29) is 5.56 Å². The maximum atomic E-state index is 13.3. The topological polar surface area (TPSA) is 71.6 Å². The lowest BCUT2D eigenvalue weighted by Gasteiger charge is -2.10. The molecule has 0 atom stereocenters. The summed E-state index contributed by atoms with van der Waals surface area (Å²) in [4.78, 5) is 18.0. The van der Waals surface area contributed by atoms with Crippen LogP contribution in [0.25, 0.3) is 32.8 Å². The predicted molar refractivity (Wildman–Crippen MR) is 122 cm³/mol. The number of nitriles is 1. The van der Waals surface area contributed by atoms with Gasteiger partial charge in [0, 0.05) is 22.9 Å². The first-order chi connectivity index (χ1) is 15.2. The molecule has 31 heavy (non-hydrogen) atoms. The van der Waals surface area contributed by atoms with Gasteiger partial charge in [0.05, 0.1) is 35.3 Å². The zero-order valence-electron chi connectivity index (χ0n) is 16.7. The second-order valence-electron chi connectivity index (χ2n) is 7.38. The number of hydrogen-bond acceptors (Lipinski definition) is 4. The van der Waals surface area contributed by atoms with E-state index in [1.54, 1.807) is 18.3 Å². The third-order valence-corrected chi connectivity index (χ3v) is 5.44. The summed E-state index contributed by atoms with van der Waals surface area (Å²) in [7, 11) is 0. The van der Waals surface area contributed by atoms with Gasteiger partial charge in [-0.15, -0.1) is 0 Å². The maximum Gasteiger partial charge on any atom is 0.275 e. The van der Waals surface area contributed by atoms with Gasteiger partial charge in [0.15, 0.2) is 0 Å². The van der Waals surface area contributed by atoms with E-state index < -0.39 is 0 Å². The molecule has 2 heterocycles. The number of pyridine rings is 1. The van der Waals surface area contributed by atoms with Gasteiger partial charge in [-0.1, -0.05) is 54.6 Å². The van der Waals surface area contributed by atoms with E-state index in [4.69, 9.17) is 10.2 Å². The van der Waals surface area contributed by atoms with Crippen molar-refractivity contribution in [3.8, 4) is 17.2 Å². The number of para-hydroxylation sites is 1. The van der Waals surface area contributed by atoms with Crippen molar-refractivity contribution in [2.75, 3.05) is 0 Å². The number of fused-ring (bicyclic) bond motifs is 2. The van der Waals surface area contributed by atoms with Crippen LogP contribution in [0, 0.1) is 11.3 Å². The Morgan fingerprint density at radius 2 is 1.68 bits per heavy atom. The van der Waals surface area contributed by atoms with Gasteiger partial charge in [0.25, 0.3) is 5.56 Å². The number of benzene rings is 3. The summed E-state index contributed by atoms with van der Waals surface area (Å²) in [6.07, 6.45) is 2.35. The smallest absolute Gasteiger partial charge is 0.267 e. The molecule has 0 radical (unpaired) electrons. The molecule has 0 aliphatic rings. The zero-order chi connectivity index (χ0) is 21.2. The molecule has 0 aliphatic carbocycles. The molecule has 0 saturated heterocycles. The molecular formula is C26H18N4O. The number of nitrogens with zero attached hydrogens (tertiary/aromatic N) is 4. The molecule has 0 amide bonds. The van der Waals surface area contributed by atoms with E-state index in [1.807, 2.05) is 60.7 Å². The molecule has 5 rings (SSSR count). The van der Waals surface area contributed by atoms with Crippen molar-refractivity contribution in [3.05, 3.63) is 107 Å². The molecule has 0 bridgehead atoms. The van der Waals surface area contributed by atoms with Crippen LogP contribution in [0.3, 0.4) is 0 Å². The standard InChI is InChI=1S/C26H18N4O/c27-16-18-8-10-19(11-9-18)23-6-3-5-21-17-28-30(26(31)25(21)23)15-14-22-13-12-20-4-1-2-7-24(20)29-22/h1-13,17H,14-15H2. The van der Waals surface area contributed by atoms with Crippen LogP contribution in [0.1, 0.15) is 11.3 Å². The van der Waals surface area contributed by atoms with Crippen LogP contribution in [0.15, 0.2) is 89.9 Å². The fourth-order valence-corrected chi connectivity index (χ4v) is 3.82. The zero-order valence-corrected chi connectivity index (χ0v) is 16.7. The van der Waals surface area contributed by atoms with Crippen LogP contribution in [0.5, 0.6) is 0 Å². The van der Waals surface area contributed by atoms with Crippen molar-refractivity contribution >= 4 is 21.7 Å². The van der Waals surface area contributed by atoms with Crippen LogP contribution < -0.4 is 5.56 Å². The minimum atomic E-state index is -0.127. The van der Waals surface area contributed by atoms with Crippen molar-refractivity contribution in [1.82, 2.24) is 14.8 Å². The van der Waals surface area contributed by atoms with Gasteiger partial charge in [-0.3, -0.25) is 9.78 Å². The van der Waals surface area contributed by atoms with Gasteiger partial charge in [-0.2, -0.15) is 10.4 Å². The minimum absolute atomic E-state index is 0.127. The molecular weight excluding hydrogens is 384 g/mol.